The van der Waals surface area contributed by atoms with Crippen LogP contribution in [0.15, 0.2) is 0 Å². The highest BCUT2D eigenvalue weighted by atomic mass is 19.4. The molecule has 0 saturated carbocycles. The number of carbonyl (C=O) groups is 1. The molecule has 1 unspecified atom stereocenters. The summed E-state index contributed by atoms with van der Waals surface area (Å²) in [6.45, 7) is 0.596. The Balaban J connectivity index is 2.51. The molecule has 0 bridgehead atoms. The average Bonchev–Trinajstić information content (AvgIpc) is 2.30. The predicted molar refractivity (Wildman–Crippen MR) is 39.8 cm³/mol. The SMILES string of the molecule is CCC1NCN(CC(F)(F)F)C1=O. The molecule has 1 saturated heterocycles. The van der Waals surface area contributed by atoms with Gasteiger partial charge in [-0.25, -0.2) is 0 Å². The number of amides is 1. The van der Waals surface area contributed by atoms with E-state index in [1.807, 2.05) is 0 Å². The van der Waals surface area contributed by atoms with Crippen LogP contribution in [0.2, 0.25) is 0 Å². The minimum absolute atomic E-state index is 0.00313. The maximum Gasteiger partial charge on any atom is 0.406 e. The van der Waals surface area contributed by atoms with Gasteiger partial charge in [-0.05, 0) is 6.42 Å². The molecule has 1 fully saturated rings. The summed E-state index contributed by atoms with van der Waals surface area (Å²) in [7, 11) is 0. The minimum atomic E-state index is -4.31. The van der Waals surface area contributed by atoms with E-state index in [1.54, 1.807) is 6.92 Å². The first-order valence-corrected chi connectivity index (χ1v) is 4.03. The number of hydrogen-bond donors (Lipinski definition) is 1. The van der Waals surface area contributed by atoms with Gasteiger partial charge >= 0.3 is 6.18 Å². The topological polar surface area (TPSA) is 32.3 Å². The number of nitrogens with one attached hydrogen (secondary N) is 1. The van der Waals surface area contributed by atoms with Crippen molar-refractivity contribution >= 4 is 5.91 Å². The van der Waals surface area contributed by atoms with E-state index in [9.17, 15) is 18.0 Å². The zero-order valence-electron chi connectivity index (χ0n) is 7.19. The number of halogens is 3. The van der Waals surface area contributed by atoms with Crippen molar-refractivity contribution < 1.29 is 18.0 Å². The third-order valence-electron chi connectivity index (χ3n) is 1.92. The molecule has 1 heterocycles. The summed E-state index contributed by atoms with van der Waals surface area (Å²) in [4.78, 5) is 12.0. The zero-order valence-corrected chi connectivity index (χ0v) is 7.19. The summed E-state index contributed by atoms with van der Waals surface area (Å²) in [5, 5.41) is 2.71. The first-order valence-electron chi connectivity index (χ1n) is 4.03. The molecular formula is C7H11F3N2O. The van der Waals surface area contributed by atoms with Crippen LogP contribution in [0.4, 0.5) is 13.2 Å². The lowest BCUT2D eigenvalue weighted by atomic mass is 10.2. The van der Waals surface area contributed by atoms with Gasteiger partial charge in [-0.3, -0.25) is 10.1 Å². The van der Waals surface area contributed by atoms with Crippen LogP contribution in [-0.4, -0.2) is 36.2 Å². The number of carbonyl (C=O) groups excluding carboxylic acids is 1. The molecule has 1 rings (SSSR count). The highest BCUT2D eigenvalue weighted by Crippen LogP contribution is 2.18. The van der Waals surface area contributed by atoms with Gasteiger partial charge in [0.25, 0.3) is 0 Å². The Morgan fingerprint density at radius 3 is 2.62 bits per heavy atom. The quantitative estimate of drug-likeness (QED) is 0.705. The van der Waals surface area contributed by atoms with E-state index in [0.717, 1.165) is 4.90 Å². The Hall–Kier alpha value is -0.780. The molecule has 13 heavy (non-hydrogen) atoms. The Kier molecular flexibility index (Phi) is 2.80. The molecule has 1 aliphatic rings. The van der Waals surface area contributed by atoms with Gasteiger partial charge in [0.05, 0.1) is 12.7 Å². The fourth-order valence-electron chi connectivity index (χ4n) is 1.28. The van der Waals surface area contributed by atoms with Crippen LogP contribution in [0.5, 0.6) is 0 Å². The lowest BCUT2D eigenvalue weighted by Crippen LogP contribution is -2.37. The Labute approximate surface area is 73.9 Å². The molecule has 1 atom stereocenters. The predicted octanol–water partition coefficient (Wildman–Crippen LogP) is 0.717. The second-order valence-electron chi connectivity index (χ2n) is 2.97. The van der Waals surface area contributed by atoms with Gasteiger partial charge in [0.15, 0.2) is 0 Å². The molecule has 1 aliphatic heterocycles. The van der Waals surface area contributed by atoms with Crippen LogP contribution in [0.3, 0.4) is 0 Å². The molecule has 1 amide bonds. The summed E-state index contributed by atoms with van der Waals surface area (Å²) >= 11 is 0. The van der Waals surface area contributed by atoms with Gasteiger partial charge in [0.2, 0.25) is 5.91 Å². The van der Waals surface area contributed by atoms with Crippen molar-refractivity contribution in [3.8, 4) is 0 Å². The highest BCUT2D eigenvalue weighted by molar-refractivity contribution is 5.83. The number of rotatable bonds is 2. The van der Waals surface area contributed by atoms with Crippen LogP contribution in [0.1, 0.15) is 13.3 Å². The van der Waals surface area contributed by atoms with E-state index >= 15 is 0 Å². The standard InChI is InChI=1S/C7H11F3N2O/c1-2-5-6(13)12(4-11-5)3-7(8,9)10/h5,11H,2-4H2,1H3. The summed E-state index contributed by atoms with van der Waals surface area (Å²) in [5.74, 6) is -0.458. The highest BCUT2D eigenvalue weighted by Gasteiger charge is 2.38. The molecular weight excluding hydrogens is 185 g/mol. The molecule has 6 heteroatoms. The Bertz CT molecular complexity index is 204. The molecule has 3 nitrogen and oxygen atoms in total. The number of hydrogen-bond acceptors (Lipinski definition) is 2. The fraction of sp³-hybridized carbons (Fsp3) is 0.857. The Morgan fingerprint density at radius 1 is 1.62 bits per heavy atom. The van der Waals surface area contributed by atoms with E-state index in [1.165, 1.54) is 0 Å². The van der Waals surface area contributed by atoms with Crippen molar-refractivity contribution in [2.75, 3.05) is 13.2 Å². The summed E-state index contributed by atoms with van der Waals surface area (Å²) in [5.41, 5.74) is 0. The van der Waals surface area contributed by atoms with Crippen molar-refractivity contribution in [2.24, 2.45) is 0 Å². The Morgan fingerprint density at radius 2 is 2.23 bits per heavy atom. The van der Waals surface area contributed by atoms with Gasteiger partial charge in [-0.15, -0.1) is 0 Å². The van der Waals surface area contributed by atoms with Gasteiger partial charge in [0.1, 0.15) is 6.54 Å². The zero-order chi connectivity index (χ0) is 10.1. The lowest BCUT2D eigenvalue weighted by Gasteiger charge is -2.16. The molecule has 76 valence electrons. The van der Waals surface area contributed by atoms with Gasteiger partial charge in [-0.1, -0.05) is 6.92 Å². The summed E-state index contributed by atoms with van der Waals surface area (Å²) in [6, 6.07) is -0.442. The normalized spacial score (nSPS) is 24.2. The van der Waals surface area contributed by atoms with Crippen LogP contribution < -0.4 is 5.32 Å². The van der Waals surface area contributed by atoms with Crippen LogP contribution >= 0.6 is 0 Å². The third kappa shape index (κ3) is 2.58. The number of nitrogens with zero attached hydrogens (tertiary/aromatic N) is 1. The smallest absolute Gasteiger partial charge is 0.319 e. The second kappa shape index (κ2) is 3.53. The molecule has 0 aliphatic carbocycles. The van der Waals surface area contributed by atoms with E-state index in [2.05, 4.69) is 5.32 Å². The molecule has 0 aromatic carbocycles. The van der Waals surface area contributed by atoms with Crippen LogP contribution in [0, 0.1) is 0 Å². The maximum atomic E-state index is 11.9. The monoisotopic (exact) mass is 196 g/mol. The van der Waals surface area contributed by atoms with Gasteiger partial charge in [0, 0.05) is 0 Å². The second-order valence-corrected chi connectivity index (χ2v) is 2.97. The fourth-order valence-corrected chi connectivity index (χ4v) is 1.28. The van der Waals surface area contributed by atoms with Crippen molar-refractivity contribution in [2.45, 2.75) is 25.6 Å². The summed E-state index contributed by atoms with van der Waals surface area (Å²) in [6.07, 6.45) is -3.78. The molecule has 0 aromatic heterocycles. The van der Waals surface area contributed by atoms with Crippen molar-refractivity contribution in [3.05, 3.63) is 0 Å². The lowest BCUT2D eigenvalue weighted by molar-refractivity contribution is -0.157. The first kappa shape index (κ1) is 10.3. The molecule has 0 radical (unpaired) electrons. The maximum absolute atomic E-state index is 11.9. The van der Waals surface area contributed by atoms with Crippen molar-refractivity contribution in [3.63, 3.8) is 0 Å². The molecule has 1 N–H and O–H groups in total. The van der Waals surface area contributed by atoms with E-state index in [0.29, 0.717) is 6.42 Å². The average molecular weight is 196 g/mol. The molecule has 0 aromatic rings. The van der Waals surface area contributed by atoms with Gasteiger partial charge in [-0.2, -0.15) is 13.2 Å². The van der Waals surface area contributed by atoms with Crippen LogP contribution in [-0.2, 0) is 4.79 Å². The first-order chi connectivity index (χ1) is 5.94. The van der Waals surface area contributed by atoms with E-state index in [-0.39, 0.29) is 6.67 Å². The van der Waals surface area contributed by atoms with E-state index in [4.69, 9.17) is 0 Å². The largest absolute Gasteiger partial charge is 0.406 e. The minimum Gasteiger partial charge on any atom is -0.319 e. The van der Waals surface area contributed by atoms with Crippen molar-refractivity contribution in [1.82, 2.24) is 10.2 Å². The number of alkyl halides is 3. The van der Waals surface area contributed by atoms with E-state index < -0.39 is 24.7 Å². The van der Waals surface area contributed by atoms with Crippen LogP contribution in [0.25, 0.3) is 0 Å². The summed E-state index contributed by atoms with van der Waals surface area (Å²) < 4.78 is 35.7. The third-order valence-corrected chi connectivity index (χ3v) is 1.92. The van der Waals surface area contributed by atoms with Crippen molar-refractivity contribution in [1.29, 1.82) is 0 Å². The van der Waals surface area contributed by atoms with Gasteiger partial charge < -0.3 is 4.90 Å². The molecule has 0 spiro atoms.